The van der Waals surface area contributed by atoms with Gasteiger partial charge in [0.25, 0.3) is 0 Å². The molecule has 0 saturated heterocycles. The Morgan fingerprint density at radius 3 is 2.10 bits per heavy atom. The van der Waals surface area contributed by atoms with Crippen LogP contribution in [-0.4, -0.2) is 23.5 Å². The number of aliphatic carboxylic acids is 1. The molecule has 20 heavy (non-hydrogen) atoms. The summed E-state index contributed by atoms with van der Waals surface area (Å²) in [6.07, 6.45) is 4.50. The highest BCUT2D eigenvalue weighted by Gasteiger charge is 2.44. The summed E-state index contributed by atoms with van der Waals surface area (Å²) in [6.45, 7) is 8.53. The number of carboxylic acid groups (broad SMARTS) is 1. The van der Waals surface area contributed by atoms with Gasteiger partial charge in [0.2, 0.25) is 5.91 Å². The topological polar surface area (TPSA) is 66.4 Å². The van der Waals surface area contributed by atoms with Crippen molar-refractivity contribution in [2.75, 3.05) is 6.54 Å². The second-order valence-electron chi connectivity index (χ2n) is 7.11. The Labute approximate surface area is 122 Å². The predicted octanol–water partition coefficient (Wildman–Crippen LogP) is 3.07. The van der Waals surface area contributed by atoms with Crippen molar-refractivity contribution in [3.05, 3.63) is 0 Å². The van der Waals surface area contributed by atoms with Gasteiger partial charge in [-0.3, -0.25) is 9.59 Å². The third-order valence-corrected chi connectivity index (χ3v) is 4.21. The van der Waals surface area contributed by atoms with Crippen LogP contribution in [0.2, 0.25) is 0 Å². The summed E-state index contributed by atoms with van der Waals surface area (Å²) in [5.74, 6) is -0.415. The van der Waals surface area contributed by atoms with Crippen LogP contribution in [0, 0.1) is 23.2 Å². The van der Waals surface area contributed by atoms with Crippen LogP contribution in [0.5, 0.6) is 0 Å². The summed E-state index contributed by atoms with van der Waals surface area (Å²) in [6, 6.07) is 0. The van der Waals surface area contributed by atoms with Gasteiger partial charge in [0, 0.05) is 12.0 Å². The molecule has 0 spiro atoms. The van der Waals surface area contributed by atoms with E-state index in [1.165, 1.54) is 0 Å². The molecule has 1 rings (SSSR count). The Morgan fingerprint density at radius 2 is 1.75 bits per heavy atom. The third-order valence-electron chi connectivity index (χ3n) is 4.21. The van der Waals surface area contributed by atoms with Crippen molar-refractivity contribution in [1.82, 2.24) is 5.32 Å². The van der Waals surface area contributed by atoms with E-state index in [1.807, 2.05) is 13.8 Å². The molecule has 1 aliphatic rings. The average Bonchev–Trinajstić information content (AvgIpc) is 2.27. The lowest BCUT2D eigenvalue weighted by Gasteiger charge is -2.41. The number of carbonyl (C=O) groups is 2. The van der Waals surface area contributed by atoms with Crippen LogP contribution in [-0.2, 0) is 9.59 Å². The van der Waals surface area contributed by atoms with Gasteiger partial charge in [-0.15, -0.1) is 0 Å². The highest BCUT2D eigenvalue weighted by molar-refractivity contribution is 5.84. The summed E-state index contributed by atoms with van der Waals surface area (Å²) in [4.78, 5) is 23.6. The van der Waals surface area contributed by atoms with E-state index in [0.717, 1.165) is 25.7 Å². The van der Waals surface area contributed by atoms with E-state index in [4.69, 9.17) is 0 Å². The quantitative estimate of drug-likeness (QED) is 0.719. The fraction of sp³-hybridized carbons (Fsp3) is 0.875. The number of hydrogen-bond donors (Lipinski definition) is 2. The molecule has 0 aromatic heterocycles. The maximum atomic E-state index is 12.4. The molecule has 0 radical (unpaired) electrons. The van der Waals surface area contributed by atoms with Gasteiger partial charge in [-0.05, 0) is 37.5 Å². The maximum Gasteiger partial charge on any atom is 0.308 e. The van der Waals surface area contributed by atoms with Crippen LogP contribution < -0.4 is 5.32 Å². The Balaban J connectivity index is 2.54. The largest absolute Gasteiger partial charge is 0.481 e. The number of carboxylic acids is 1. The van der Waals surface area contributed by atoms with Crippen molar-refractivity contribution >= 4 is 11.9 Å². The Hall–Kier alpha value is -1.06. The summed E-state index contributed by atoms with van der Waals surface area (Å²) in [5, 5.41) is 12.1. The summed E-state index contributed by atoms with van der Waals surface area (Å²) >= 11 is 0. The molecule has 2 N–H and O–H groups in total. The molecule has 0 aromatic rings. The fourth-order valence-corrected chi connectivity index (χ4v) is 3.15. The molecule has 4 heteroatoms. The van der Waals surface area contributed by atoms with Crippen LogP contribution in [0.15, 0.2) is 0 Å². The SMILES string of the molecule is CC(C)CC(CNC(=O)C1(CC(C)C)CCC1)C(=O)O. The molecule has 1 saturated carbocycles. The van der Waals surface area contributed by atoms with Crippen molar-refractivity contribution in [1.29, 1.82) is 0 Å². The molecule has 0 heterocycles. The van der Waals surface area contributed by atoms with Crippen molar-refractivity contribution in [3.8, 4) is 0 Å². The van der Waals surface area contributed by atoms with Gasteiger partial charge >= 0.3 is 5.97 Å². The minimum absolute atomic E-state index is 0.0625. The molecular weight excluding hydrogens is 254 g/mol. The van der Waals surface area contributed by atoms with Crippen molar-refractivity contribution in [2.24, 2.45) is 23.2 Å². The first-order chi connectivity index (χ1) is 9.27. The fourth-order valence-electron chi connectivity index (χ4n) is 3.15. The zero-order chi connectivity index (χ0) is 15.3. The lowest BCUT2D eigenvalue weighted by molar-refractivity contribution is -0.143. The van der Waals surface area contributed by atoms with E-state index in [0.29, 0.717) is 18.3 Å². The van der Waals surface area contributed by atoms with Gasteiger partial charge in [0.1, 0.15) is 0 Å². The van der Waals surface area contributed by atoms with Crippen LogP contribution in [0.4, 0.5) is 0 Å². The van der Waals surface area contributed by atoms with Crippen LogP contribution in [0.3, 0.4) is 0 Å². The van der Waals surface area contributed by atoms with Gasteiger partial charge in [-0.25, -0.2) is 0 Å². The highest BCUT2D eigenvalue weighted by atomic mass is 16.4. The highest BCUT2D eigenvalue weighted by Crippen LogP contribution is 2.46. The minimum atomic E-state index is -0.814. The predicted molar refractivity (Wildman–Crippen MR) is 79.3 cm³/mol. The van der Waals surface area contributed by atoms with E-state index in [-0.39, 0.29) is 17.9 Å². The van der Waals surface area contributed by atoms with Crippen molar-refractivity contribution < 1.29 is 14.7 Å². The molecule has 1 fully saturated rings. The molecule has 116 valence electrons. The lowest BCUT2D eigenvalue weighted by Crippen LogP contribution is -2.48. The molecule has 0 bridgehead atoms. The Bertz CT molecular complexity index is 346. The zero-order valence-corrected chi connectivity index (χ0v) is 13.2. The number of carbonyl (C=O) groups excluding carboxylic acids is 1. The number of amides is 1. The van der Waals surface area contributed by atoms with Gasteiger partial charge < -0.3 is 10.4 Å². The van der Waals surface area contributed by atoms with Gasteiger partial charge in [-0.2, -0.15) is 0 Å². The molecule has 1 unspecified atom stereocenters. The second-order valence-corrected chi connectivity index (χ2v) is 7.11. The van der Waals surface area contributed by atoms with E-state index in [1.54, 1.807) is 0 Å². The number of hydrogen-bond acceptors (Lipinski definition) is 2. The van der Waals surface area contributed by atoms with E-state index < -0.39 is 11.9 Å². The summed E-state index contributed by atoms with van der Waals surface area (Å²) < 4.78 is 0. The normalized spacial score (nSPS) is 18.7. The average molecular weight is 283 g/mol. The minimum Gasteiger partial charge on any atom is -0.481 e. The van der Waals surface area contributed by atoms with Gasteiger partial charge in [0.05, 0.1) is 5.92 Å². The molecule has 1 atom stereocenters. The molecule has 0 aromatic carbocycles. The monoisotopic (exact) mass is 283 g/mol. The number of rotatable bonds is 8. The first-order valence-corrected chi connectivity index (χ1v) is 7.78. The van der Waals surface area contributed by atoms with Crippen LogP contribution in [0.25, 0.3) is 0 Å². The van der Waals surface area contributed by atoms with E-state index in [2.05, 4.69) is 19.2 Å². The van der Waals surface area contributed by atoms with Crippen molar-refractivity contribution in [3.63, 3.8) is 0 Å². The molecule has 4 nitrogen and oxygen atoms in total. The summed E-state index contributed by atoms with van der Waals surface area (Å²) in [7, 11) is 0. The van der Waals surface area contributed by atoms with Gasteiger partial charge in [0.15, 0.2) is 0 Å². The molecule has 1 aliphatic carbocycles. The Morgan fingerprint density at radius 1 is 1.15 bits per heavy atom. The Kier molecular flexibility index (Phi) is 6.03. The third kappa shape index (κ3) is 4.50. The van der Waals surface area contributed by atoms with E-state index in [9.17, 15) is 14.7 Å². The molecule has 1 amide bonds. The first kappa shape index (κ1) is 17.0. The smallest absolute Gasteiger partial charge is 0.308 e. The van der Waals surface area contributed by atoms with E-state index >= 15 is 0 Å². The first-order valence-electron chi connectivity index (χ1n) is 7.78. The maximum absolute atomic E-state index is 12.4. The molecule has 0 aliphatic heterocycles. The standard InChI is InChI=1S/C16H29NO3/c1-11(2)8-13(14(18)19)10-17-15(20)16(6-5-7-16)9-12(3)4/h11-13H,5-10H2,1-4H3,(H,17,20)(H,18,19). The number of nitrogens with one attached hydrogen (secondary N) is 1. The zero-order valence-electron chi connectivity index (χ0n) is 13.2. The van der Waals surface area contributed by atoms with Crippen molar-refractivity contribution in [2.45, 2.75) is 59.8 Å². The lowest BCUT2D eigenvalue weighted by atomic mass is 9.64. The van der Waals surface area contributed by atoms with Crippen LogP contribution in [0.1, 0.15) is 59.8 Å². The molecular formula is C16H29NO3. The summed E-state index contributed by atoms with van der Waals surface area (Å²) in [5.41, 5.74) is -0.227. The van der Waals surface area contributed by atoms with Gasteiger partial charge in [-0.1, -0.05) is 34.1 Å². The second kappa shape index (κ2) is 7.09. The van der Waals surface area contributed by atoms with Crippen LogP contribution >= 0.6 is 0 Å².